The van der Waals surface area contributed by atoms with Gasteiger partial charge in [0.25, 0.3) is 0 Å². The largest absolute Gasteiger partial charge is 0.252 e. The lowest BCUT2D eigenvalue weighted by Crippen LogP contribution is -2.07. The molecule has 0 spiro atoms. The Balaban J connectivity index is 2.02. The van der Waals surface area contributed by atoms with Crippen molar-refractivity contribution in [3.63, 3.8) is 0 Å². The molecule has 0 N–H and O–H groups in total. The highest BCUT2D eigenvalue weighted by Crippen LogP contribution is 2.37. The van der Waals surface area contributed by atoms with Gasteiger partial charge in [-0.3, -0.25) is 4.98 Å². The number of fused-ring (bicyclic) bond motifs is 3. The highest BCUT2D eigenvalue weighted by atomic mass is 14.7. The molecule has 0 unspecified atom stereocenters. The van der Waals surface area contributed by atoms with Crippen molar-refractivity contribution in [2.45, 2.75) is 44.9 Å². The van der Waals surface area contributed by atoms with E-state index in [4.69, 9.17) is 4.98 Å². The second kappa shape index (κ2) is 5.14. The van der Waals surface area contributed by atoms with E-state index in [-0.39, 0.29) is 0 Å². The van der Waals surface area contributed by atoms with Gasteiger partial charge in [-0.15, -0.1) is 0 Å². The fourth-order valence-corrected chi connectivity index (χ4v) is 3.78. The van der Waals surface area contributed by atoms with Crippen molar-refractivity contribution in [1.29, 1.82) is 0 Å². The molecule has 0 amide bonds. The minimum atomic E-state index is 0.647. The number of rotatable bonds is 1. The molecule has 1 nitrogen and oxygen atoms in total. The zero-order valence-electron chi connectivity index (χ0n) is 12.6. The number of pyridine rings is 1. The third-order valence-corrected chi connectivity index (χ3v) is 4.88. The van der Waals surface area contributed by atoms with E-state index in [1.165, 1.54) is 59.5 Å². The summed E-state index contributed by atoms with van der Waals surface area (Å²) in [5.41, 5.74) is 3.79. The van der Waals surface area contributed by atoms with Gasteiger partial charge >= 0.3 is 0 Å². The summed E-state index contributed by atoms with van der Waals surface area (Å²) in [5, 5.41) is 4.01. The van der Waals surface area contributed by atoms with E-state index in [0.29, 0.717) is 5.92 Å². The van der Waals surface area contributed by atoms with Crippen LogP contribution in [0.1, 0.15) is 49.3 Å². The molecule has 0 aliphatic heterocycles. The Labute approximate surface area is 126 Å². The zero-order valence-corrected chi connectivity index (χ0v) is 12.6. The molecule has 0 atom stereocenters. The van der Waals surface area contributed by atoms with Crippen LogP contribution < -0.4 is 0 Å². The molecule has 1 aromatic heterocycles. The second-order valence-corrected chi connectivity index (χ2v) is 6.40. The summed E-state index contributed by atoms with van der Waals surface area (Å²) < 4.78 is 0. The first-order valence-electron chi connectivity index (χ1n) is 8.12. The Morgan fingerprint density at radius 1 is 0.857 bits per heavy atom. The van der Waals surface area contributed by atoms with Crippen molar-refractivity contribution in [1.82, 2.24) is 4.98 Å². The molecule has 1 heteroatoms. The lowest BCUT2D eigenvalue weighted by Gasteiger charge is -2.23. The van der Waals surface area contributed by atoms with Crippen molar-refractivity contribution in [3.8, 4) is 0 Å². The Hall–Kier alpha value is -1.89. The number of hydrogen-bond acceptors (Lipinski definition) is 1. The van der Waals surface area contributed by atoms with E-state index in [1.54, 1.807) is 0 Å². The standard InChI is InChI=1S/C20H21N/c1-14-11-12-17-16-9-5-6-10-18(16)20(21-19(17)13-14)15-7-3-2-4-8-15/h5-6,9-13,15H,2-4,7-8H2,1H3. The van der Waals surface area contributed by atoms with Crippen LogP contribution in [-0.2, 0) is 0 Å². The van der Waals surface area contributed by atoms with E-state index in [1.807, 2.05) is 0 Å². The summed E-state index contributed by atoms with van der Waals surface area (Å²) in [5.74, 6) is 0.647. The van der Waals surface area contributed by atoms with Crippen molar-refractivity contribution < 1.29 is 0 Å². The lowest BCUT2D eigenvalue weighted by molar-refractivity contribution is 0.439. The molecular weight excluding hydrogens is 254 g/mol. The van der Waals surface area contributed by atoms with Gasteiger partial charge in [0, 0.05) is 16.7 Å². The van der Waals surface area contributed by atoms with Crippen LogP contribution in [0.3, 0.4) is 0 Å². The number of aromatic nitrogens is 1. The summed E-state index contributed by atoms with van der Waals surface area (Å²) in [4.78, 5) is 5.09. The Morgan fingerprint density at radius 3 is 2.43 bits per heavy atom. The zero-order chi connectivity index (χ0) is 14.2. The lowest BCUT2D eigenvalue weighted by atomic mass is 9.84. The van der Waals surface area contributed by atoms with Gasteiger partial charge in [-0.05, 0) is 36.8 Å². The molecule has 2 aromatic carbocycles. The van der Waals surface area contributed by atoms with Crippen LogP contribution in [0.25, 0.3) is 21.7 Å². The van der Waals surface area contributed by atoms with Gasteiger partial charge in [0.05, 0.1) is 11.2 Å². The highest BCUT2D eigenvalue weighted by Gasteiger charge is 2.20. The van der Waals surface area contributed by atoms with Gasteiger partial charge < -0.3 is 0 Å². The molecule has 1 aliphatic rings. The molecule has 0 radical (unpaired) electrons. The van der Waals surface area contributed by atoms with Crippen LogP contribution in [-0.4, -0.2) is 4.98 Å². The number of benzene rings is 2. The van der Waals surface area contributed by atoms with Gasteiger partial charge in [-0.2, -0.15) is 0 Å². The molecule has 0 saturated heterocycles. The Kier molecular flexibility index (Phi) is 3.14. The molecule has 3 aromatic rings. The van der Waals surface area contributed by atoms with Gasteiger partial charge in [0.15, 0.2) is 0 Å². The quantitative estimate of drug-likeness (QED) is 0.516. The summed E-state index contributed by atoms with van der Waals surface area (Å²) in [6, 6.07) is 15.4. The maximum Gasteiger partial charge on any atom is 0.0714 e. The topological polar surface area (TPSA) is 12.9 Å². The van der Waals surface area contributed by atoms with E-state index >= 15 is 0 Å². The van der Waals surface area contributed by atoms with Gasteiger partial charge in [0.2, 0.25) is 0 Å². The van der Waals surface area contributed by atoms with Crippen LogP contribution in [0.4, 0.5) is 0 Å². The van der Waals surface area contributed by atoms with Crippen molar-refractivity contribution in [3.05, 3.63) is 53.7 Å². The summed E-state index contributed by atoms with van der Waals surface area (Å²) in [7, 11) is 0. The third-order valence-electron chi connectivity index (χ3n) is 4.88. The monoisotopic (exact) mass is 275 g/mol. The van der Waals surface area contributed by atoms with Gasteiger partial charge in [0.1, 0.15) is 0 Å². The first-order chi connectivity index (χ1) is 10.3. The summed E-state index contributed by atoms with van der Waals surface area (Å²) in [6.07, 6.45) is 6.70. The van der Waals surface area contributed by atoms with Crippen LogP contribution in [0.2, 0.25) is 0 Å². The molecule has 0 bridgehead atoms. The second-order valence-electron chi connectivity index (χ2n) is 6.40. The van der Waals surface area contributed by atoms with Crippen LogP contribution in [0.5, 0.6) is 0 Å². The predicted octanol–water partition coefficient (Wildman–Crippen LogP) is 5.74. The number of hydrogen-bond donors (Lipinski definition) is 0. The smallest absolute Gasteiger partial charge is 0.0714 e. The maximum atomic E-state index is 5.09. The van der Waals surface area contributed by atoms with Crippen molar-refractivity contribution in [2.24, 2.45) is 0 Å². The molecule has 1 fully saturated rings. The van der Waals surface area contributed by atoms with Gasteiger partial charge in [-0.25, -0.2) is 0 Å². The van der Waals surface area contributed by atoms with Crippen LogP contribution >= 0.6 is 0 Å². The summed E-state index contributed by atoms with van der Waals surface area (Å²) in [6.45, 7) is 2.15. The van der Waals surface area contributed by atoms with E-state index < -0.39 is 0 Å². The fourth-order valence-electron chi connectivity index (χ4n) is 3.78. The highest BCUT2D eigenvalue weighted by molar-refractivity contribution is 6.06. The molecule has 1 heterocycles. The van der Waals surface area contributed by atoms with E-state index in [2.05, 4.69) is 49.4 Å². The number of nitrogens with zero attached hydrogens (tertiary/aromatic N) is 1. The molecule has 106 valence electrons. The first kappa shape index (κ1) is 12.8. The first-order valence-corrected chi connectivity index (χ1v) is 8.12. The maximum absolute atomic E-state index is 5.09. The Bertz CT molecular complexity index is 797. The normalized spacial score (nSPS) is 16.6. The average Bonchev–Trinajstić information content (AvgIpc) is 2.54. The van der Waals surface area contributed by atoms with Crippen LogP contribution in [0.15, 0.2) is 42.5 Å². The molecule has 1 aliphatic carbocycles. The Morgan fingerprint density at radius 2 is 1.62 bits per heavy atom. The van der Waals surface area contributed by atoms with Gasteiger partial charge in [-0.1, -0.05) is 55.7 Å². The predicted molar refractivity (Wildman–Crippen MR) is 89.8 cm³/mol. The molecule has 1 saturated carbocycles. The molecule has 4 rings (SSSR count). The molecule has 21 heavy (non-hydrogen) atoms. The minimum Gasteiger partial charge on any atom is -0.252 e. The third kappa shape index (κ3) is 2.21. The average molecular weight is 275 g/mol. The fraction of sp³-hybridized carbons (Fsp3) is 0.350. The van der Waals surface area contributed by atoms with Crippen molar-refractivity contribution >= 4 is 21.7 Å². The van der Waals surface area contributed by atoms with Crippen LogP contribution in [0, 0.1) is 6.92 Å². The van der Waals surface area contributed by atoms with Crippen molar-refractivity contribution in [2.75, 3.05) is 0 Å². The number of aryl methyl sites for hydroxylation is 1. The minimum absolute atomic E-state index is 0.647. The van der Waals surface area contributed by atoms with E-state index in [0.717, 1.165) is 5.52 Å². The SMILES string of the molecule is Cc1ccc2c(c1)nc(C1CCCCC1)c1ccccc12. The molecular formula is C20H21N. The van der Waals surface area contributed by atoms with E-state index in [9.17, 15) is 0 Å². The summed E-state index contributed by atoms with van der Waals surface area (Å²) >= 11 is 0.